The smallest absolute Gasteiger partial charge is 0.345 e. The number of carboxylic acids is 1. The van der Waals surface area contributed by atoms with Crippen LogP contribution in [0, 0.1) is 5.92 Å². The van der Waals surface area contributed by atoms with Crippen molar-refractivity contribution in [2.75, 3.05) is 13.1 Å². The maximum absolute atomic E-state index is 12.7. The lowest BCUT2D eigenvalue weighted by Crippen LogP contribution is -2.55. The number of rotatable bonds is 13. The van der Waals surface area contributed by atoms with E-state index < -0.39 is 54.1 Å². The summed E-state index contributed by atoms with van der Waals surface area (Å²) in [6.45, 7) is 5.56. The number of carbonyl (C=O) groups excluding carboxylic acids is 4. The quantitative estimate of drug-likeness (QED) is 0.0674. The molecule has 0 spiro atoms. The summed E-state index contributed by atoms with van der Waals surface area (Å²) in [7, 11) is 0. The van der Waals surface area contributed by atoms with Crippen LogP contribution in [0.3, 0.4) is 0 Å². The molecule has 13 heteroatoms. The van der Waals surface area contributed by atoms with Gasteiger partial charge in [-0.15, -0.1) is 0 Å². The van der Waals surface area contributed by atoms with Crippen LogP contribution < -0.4 is 27.4 Å². The number of aliphatic imine (C=N–C) groups is 1. The van der Waals surface area contributed by atoms with Gasteiger partial charge < -0.3 is 37.3 Å². The predicted octanol–water partition coefficient (Wildman–Crippen LogP) is -0.625. The van der Waals surface area contributed by atoms with Crippen LogP contribution in [-0.4, -0.2) is 66.0 Å². The first-order valence-corrected chi connectivity index (χ1v) is 10.9. The summed E-state index contributed by atoms with van der Waals surface area (Å²) < 4.78 is 4.90. The van der Waals surface area contributed by atoms with Crippen molar-refractivity contribution in [3.63, 3.8) is 0 Å². The SMILES string of the molecule is CCCNCC(=O)N[C@@H](CC(=O)O)C(=O)N[C@H](C(=O)OC(=O)c1ccc(N=C(N)N)cc1)C(C)C. The normalized spacial score (nSPS) is 12.2. The molecule has 0 fully saturated rings. The molecule has 0 aliphatic carbocycles. The Morgan fingerprint density at radius 2 is 1.69 bits per heavy atom. The lowest BCUT2D eigenvalue weighted by molar-refractivity contribution is -0.145. The van der Waals surface area contributed by atoms with Crippen LogP contribution >= 0.6 is 0 Å². The summed E-state index contributed by atoms with van der Waals surface area (Å²) >= 11 is 0. The van der Waals surface area contributed by atoms with Gasteiger partial charge >= 0.3 is 17.9 Å². The molecule has 0 saturated heterocycles. The predicted molar refractivity (Wildman–Crippen MR) is 126 cm³/mol. The lowest BCUT2D eigenvalue weighted by Gasteiger charge is -2.23. The average molecular weight is 493 g/mol. The number of aliphatic carboxylic acids is 1. The monoisotopic (exact) mass is 492 g/mol. The molecule has 8 N–H and O–H groups in total. The molecule has 0 radical (unpaired) electrons. The number of nitrogens with zero attached hydrogens (tertiary/aromatic N) is 1. The van der Waals surface area contributed by atoms with E-state index in [9.17, 15) is 24.0 Å². The Hall–Kier alpha value is -4.00. The zero-order valence-corrected chi connectivity index (χ0v) is 19.9. The number of ether oxygens (including phenoxy) is 1. The van der Waals surface area contributed by atoms with Crippen LogP contribution in [0.5, 0.6) is 0 Å². The van der Waals surface area contributed by atoms with E-state index in [4.69, 9.17) is 21.3 Å². The highest BCUT2D eigenvalue weighted by Gasteiger charge is 2.32. The molecule has 0 aliphatic heterocycles. The van der Waals surface area contributed by atoms with Gasteiger partial charge in [0, 0.05) is 0 Å². The molecule has 1 aromatic carbocycles. The fraction of sp³-hybridized carbons (Fsp3) is 0.455. The van der Waals surface area contributed by atoms with E-state index in [0.29, 0.717) is 12.2 Å². The number of guanidine groups is 1. The Morgan fingerprint density at radius 1 is 1.06 bits per heavy atom. The molecule has 35 heavy (non-hydrogen) atoms. The van der Waals surface area contributed by atoms with Crippen LogP contribution in [0.25, 0.3) is 0 Å². The number of carbonyl (C=O) groups is 5. The van der Waals surface area contributed by atoms with Gasteiger partial charge in [-0.1, -0.05) is 20.8 Å². The Bertz CT molecular complexity index is 942. The number of hydrogen-bond donors (Lipinski definition) is 6. The van der Waals surface area contributed by atoms with Gasteiger partial charge in [-0.25, -0.2) is 14.6 Å². The Labute approximate surface area is 202 Å². The van der Waals surface area contributed by atoms with Gasteiger partial charge in [0.1, 0.15) is 12.1 Å². The first-order chi connectivity index (χ1) is 16.4. The fourth-order valence-corrected chi connectivity index (χ4v) is 2.79. The van der Waals surface area contributed by atoms with Crippen molar-refractivity contribution in [2.45, 2.75) is 45.7 Å². The van der Waals surface area contributed by atoms with Crippen molar-refractivity contribution in [3.8, 4) is 0 Å². The second-order valence-electron chi connectivity index (χ2n) is 7.92. The van der Waals surface area contributed by atoms with E-state index in [1.807, 2.05) is 6.92 Å². The van der Waals surface area contributed by atoms with Crippen molar-refractivity contribution in [1.82, 2.24) is 16.0 Å². The molecule has 2 amide bonds. The molecule has 2 atom stereocenters. The second kappa shape index (κ2) is 14.3. The van der Waals surface area contributed by atoms with Crippen molar-refractivity contribution in [1.29, 1.82) is 0 Å². The maximum atomic E-state index is 12.7. The highest BCUT2D eigenvalue weighted by atomic mass is 16.6. The van der Waals surface area contributed by atoms with Gasteiger partial charge in [0.2, 0.25) is 11.8 Å². The van der Waals surface area contributed by atoms with Gasteiger partial charge in [0.05, 0.1) is 24.2 Å². The Kier molecular flexibility index (Phi) is 11.9. The molecular formula is C22H32N6O7. The summed E-state index contributed by atoms with van der Waals surface area (Å²) in [6, 6.07) is 2.88. The first kappa shape index (κ1) is 29.0. The summed E-state index contributed by atoms with van der Waals surface area (Å²) in [4.78, 5) is 64.8. The van der Waals surface area contributed by atoms with Crippen molar-refractivity contribution >= 4 is 41.4 Å². The van der Waals surface area contributed by atoms with Gasteiger partial charge in [-0.2, -0.15) is 0 Å². The van der Waals surface area contributed by atoms with Crippen molar-refractivity contribution in [2.24, 2.45) is 22.4 Å². The van der Waals surface area contributed by atoms with Crippen LogP contribution in [0.2, 0.25) is 0 Å². The highest BCUT2D eigenvalue weighted by Crippen LogP contribution is 2.14. The molecule has 192 valence electrons. The summed E-state index contributed by atoms with van der Waals surface area (Å²) in [5.41, 5.74) is 11.0. The molecule has 0 heterocycles. The summed E-state index contributed by atoms with van der Waals surface area (Å²) in [5, 5.41) is 16.7. The molecule has 1 aromatic rings. The molecule has 1 rings (SSSR count). The number of hydrogen-bond acceptors (Lipinski definition) is 8. The summed E-state index contributed by atoms with van der Waals surface area (Å²) in [5.74, 6) is -5.50. The number of esters is 2. The average Bonchev–Trinajstić information content (AvgIpc) is 2.76. The molecule has 0 bridgehead atoms. The third-order valence-electron chi connectivity index (χ3n) is 4.52. The largest absolute Gasteiger partial charge is 0.481 e. The fourth-order valence-electron chi connectivity index (χ4n) is 2.79. The van der Waals surface area contributed by atoms with Crippen LogP contribution in [0.15, 0.2) is 29.3 Å². The maximum Gasteiger partial charge on any atom is 0.345 e. The minimum atomic E-state index is -1.43. The van der Waals surface area contributed by atoms with Crippen LogP contribution in [0.1, 0.15) is 44.0 Å². The van der Waals surface area contributed by atoms with E-state index in [0.717, 1.165) is 6.42 Å². The van der Waals surface area contributed by atoms with E-state index >= 15 is 0 Å². The number of nitrogens with one attached hydrogen (secondary N) is 3. The van der Waals surface area contributed by atoms with E-state index in [-0.39, 0.29) is 18.1 Å². The zero-order valence-electron chi connectivity index (χ0n) is 19.9. The topological polar surface area (TPSA) is 215 Å². The zero-order chi connectivity index (χ0) is 26.5. The standard InChI is InChI=1S/C22H32N6O7/c1-4-9-25-11-16(29)27-15(10-17(30)31)19(32)28-18(12(2)3)21(34)35-20(33)13-5-7-14(8-6-13)26-22(23)24/h5-8,12,15,18,25H,4,9-11H2,1-3H3,(H,27,29)(H,28,32)(H,30,31)(H4,23,24,26)/t15-,18-/m0/s1. The summed E-state index contributed by atoms with van der Waals surface area (Å²) in [6.07, 6.45) is 0.0793. The van der Waals surface area contributed by atoms with Crippen LogP contribution in [0.4, 0.5) is 5.69 Å². The molecule has 13 nitrogen and oxygen atoms in total. The minimum absolute atomic E-state index is 0.0392. The van der Waals surface area contributed by atoms with Crippen molar-refractivity contribution in [3.05, 3.63) is 29.8 Å². The van der Waals surface area contributed by atoms with Gasteiger partial charge in [-0.3, -0.25) is 14.4 Å². The minimum Gasteiger partial charge on any atom is -0.481 e. The van der Waals surface area contributed by atoms with E-state index in [2.05, 4.69) is 20.9 Å². The number of carboxylic acid groups (broad SMARTS) is 1. The third-order valence-corrected chi connectivity index (χ3v) is 4.52. The Morgan fingerprint density at radius 3 is 2.20 bits per heavy atom. The molecule has 0 saturated carbocycles. The van der Waals surface area contributed by atoms with Gasteiger partial charge in [0.15, 0.2) is 5.96 Å². The molecule has 0 aromatic heterocycles. The first-order valence-electron chi connectivity index (χ1n) is 10.9. The molecule has 0 unspecified atom stereocenters. The van der Waals surface area contributed by atoms with Crippen molar-refractivity contribution < 1.29 is 33.8 Å². The van der Waals surface area contributed by atoms with Crippen LogP contribution in [-0.2, 0) is 23.9 Å². The van der Waals surface area contributed by atoms with E-state index in [1.54, 1.807) is 13.8 Å². The van der Waals surface area contributed by atoms with Gasteiger partial charge in [0.25, 0.3) is 0 Å². The Balaban J connectivity index is 2.87. The number of amides is 2. The lowest BCUT2D eigenvalue weighted by atomic mass is 10.0. The molecular weight excluding hydrogens is 460 g/mol. The van der Waals surface area contributed by atoms with E-state index in [1.165, 1.54) is 24.3 Å². The number of benzene rings is 1. The second-order valence-corrected chi connectivity index (χ2v) is 7.92. The third kappa shape index (κ3) is 10.6. The number of nitrogens with two attached hydrogens (primary N) is 2. The highest BCUT2D eigenvalue weighted by molar-refractivity contribution is 6.00. The van der Waals surface area contributed by atoms with Gasteiger partial charge in [-0.05, 0) is 43.1 Å². The molecule has 0 aliphatic rings.